The minimum Gasteiger partial charge on any atom is -0.474 e. The van der Waals surface area contributed by atoms with E-state index in [2.05, 4.69) is 45.9 Å². The van der Waals surface area contributed by atoms with Crippen molar-refractivity contribution in [1.29, 1.82) is 0 Å². The van der Waals surface area contributed by atoms with Crippen molar-refractivity contribution in [3.05, 3.63) is 81.5 Å². The van der Waals surface area contributed by atoms with Crippen LogP contribution in [-0.4, -0.2) is 70.7 Å². The van der Waals surface area contributed by atoms with Crippen molar-refractivity contribution >= 4 is 80.2 Å². The normalized spacial score (nSPS) is 11.6. The highest BCUT2D eigenvalue weighted by molar-refractivity contribution is 6.40. The number of alkyl halides is 3. The molecule has 0 saturated heterocycles. The Bertz CT molecular complexity index is 2350. The number of rotatable bonds is 7. The van der Waals surface area contributed by atoms with Gasteiger partial charge in [0.05, 0.1) is 39.1 Å². The van der Waals surface area contributed by atoms with E-state index in [1.807, 2.05) is 26.0 Å². The summed E-state index contributed by atoms with van der Waals surface area (Å²) in [6.07, 6.45) is -1.32. The second-order valence-electron chi connectivity index (χ2n) is 12.0. The lowest BCUT2D eigenvalue weighted by Gasteiger charge is -2.19. The monoisotopic (exact) mass is 802 g/mol. The lowest BCUT2D eigenvalue weighted by Crippen LogP contribution is -2.22. The SMILES string of the molecule is CC(=O)c1[nH]ncc1NC(=O)c1c(Cl)cccc1Cl.CC(C)[C@@H](C)Oc1nc(N)ncc1C(F)(F)F.CNC(=O)c1nn(C)c2c1ccc1cnc(N)nc12. The fraction of sp³-hybridized carbons (Fsp3) is 0.265. The number of ether oxygens (including phenoxy) is 1. The Labute approximate surface area is 321 Å². The third-order valence-electron chi connectivity index (χ3n) is 7.76. The summed E-state index contributed by atoms with van der Waals surface area (Å²) in [7, 11) is 3.34. The van der Waals surface area contributed by atoms with Crippen LogP contribution in [-0.2, 0) is 13.2 Å². The third kappa shape index (κ3) is 9.92. The number of aryl methyl sites for hydroxylation is 1. The molecule has 55 heavy (non-hydrogen) atoms. The van der Waals surface area contributed by atoms with Crippen molar-refractivity contribution in [1.82, 2.24) is 45.2 Å². The molecule has 4 aromatic heterocycles. The summed E-state index contributed by atoms with van der Waals surface area (Å²) >= 11 is 11.9. The van der Waals surface area contributed by atoms with Gasteiger partial charge in [0.1, 0.15) is 16.8 Å². The lowest BCUT2D eigenvalue weighted by molar-refractivity contribution is -0.140. The molecule has 6 aromatic rings. The first-order valence-corrected chi connectivity index (χ1v) is 16.9. The number of benzene rings is 2. The maximum absolute atomic E-state index is 12.6. The number of aromatic amines is 1. The molecule has 7 N–H and O–H groups in total. The molecule has 0 fully saturated rings. The molecule has 4 heterocycles. The summed E-state index contributed by atoms with van der Waals surface area (Å²) in [4.78, 5) is 50.2. The van der Waals surface area contributed by atoms with E-state index in [0.717, 1.165) is 16.3 Å². The summed E-state index contributed by atoms with van der Waals surface area (Å²) in [5.74, 6) is -1.48. The van der Waals surface area contributed by atoms with Gasteiger partial charge in [-0.3, -0.25) is 24.2 Å². The molecule has 0 bridgehead atoms. The van der Waals surface area contributed by atoms with Crippen LogP contribution in [0.4, 0.5) is 30.8 Å². The van der Waals surface area contributed by atoms with Gasteiger partial charge in [-0.05, 0) is 31.0 Å². The van der Waals surface area contributed by atoms with E-state index < -0.39 is 29.6 Å². The van der Waals surface area contributed by atoms with Crippen LogP contribution >= 0.6 is 23.2 Å². The molecule has 0 spiro atoms. The first-order chi connectivity index (χ1) is 25.8. The number of ketones is 1. The average Bonchev–Trinajstić information content (AvgIpc) is 3.72. The first kappa shape index (κ1) is 41.7. The van der Waals surface area contributed by atoms with Crippen LogP contribution in [0.25, 0.3) is 21.8 Å². The number of nitrogens with two attached hydrogens (primary N) is 2. The number of nitrogens with one attached hydrogen (secondary N) is 3. The molecular weight excluding hydrogens is 768 g/mol. The first-order valence-electron chi connectivity index (χ1n) is 16.1. The van der Waals surface area contributed by atoms with Gasteiger partial charge in [-0.1, -0.05) is 49.2 Å². The number of nitrogens with zero attached hydrogens (tertiary/aromatic N) is 7. The van der Waals surface area contributed by atoms with Gasteiger partial charge in [0.25, 0.3) is 11.8 Å². The highest BCUT2D eigenvalue weighted by atomic mass is 35.5. The largest absolute Gasteiger partial charge is 0.474 e. The quantitative estimate of drug-likeness (QED) is 0.115. The van der Waals surface area contributed by atoms with Crippen molar-refractivity contribution in [3.63, 3.8) is 0 Å². The van der Waals surface area contributed by atoms with Crippen molar-refractivity contribution in [2.75, 3.05) is 23.8 Å². The minimum absolute atomic E-state index is 0.0623. The smallest absolute Gasteiger partial charge is 0.423 e. The van der Waals surface area contributed by atoms with Crippen LogP contribution in [0, 0.1) is 5.92 Å². The molecule has 0 saturated carbocycles. The number of hydrogen-bond donors (Lipinski definition) is 5. The van der Waals surface area contributed by atoms with Gasteiger partial charge >= 0.3 is 6.18 Å². The van der Waals surface area contributed by atoms with Crippen LogP contribution in [0.15, 0.2) is 48.9 Å². The van der Waals surface area contributed by atoms with E-state index in [1.165, 1.54) is 13.1 Å². The summed E-state index contributed by atoms with van der Waals surface area (Å²) in [6.45, 7) is 6.71. The zero-order valence-corrected chi connectivity index (χ0v) is 31.6. The number of carbonyl (C=O) groups is 3. The van der Waals surface area contributed by atoms with E-state index in [-0.39, 0.29) is 56.5 Å². The van der Waals surface area contributed by atoms with Gasteiger partial charge in [0, 0.05) is 44.2 Å². The minimum atomic E-state index is -4.56. The Morgan fingerprint density at radius 1 is 0.945 bits per heavy atom. The van der Waals surface area contributed by atoms with Gasteiger partial charge in [0.2, 0.25) is 17.8 Å². The van der Waals surface area contributed by atoms with Gasteiger partial charge in [0.15, 0.2) is 11.5 Å². The van der Waals surface area contributed by atoms with Crippen LogP contribution < -0.4 is 26.8 Å². The zero-order valence-electron chi connectivity index (χ0n) is 30.1. The Morgan fingerprint density at radius 3 is 2.18 bits per heavy atom. The van der Waals surface area contributed by atoms with Gasteiger partial charge in [-0.25, -0.2) is 15.0 Å². The molecule has 0 aliphatic rings. The fourth-order valence-electron chi connectivity index (χ4n) is 4.68. The van der Waals surface area contributed by atoms with Crippen molar-refractivity contribution in [2.45, 2.75) is 40.0 Å². The molecule has 0 aliphatic carbocycles. The standard InChI is InChI=1S/C12H9Cl2N3O2.C12H12N6O.C10H14F3N3O/c1-6(18)11-9(5-15-17-11)16-12(19)10-7(13)3-2-4-8(10)14;1-14-11(19)9-7-4-3-6-5-15-12(13)16-8(6)10(7)18(2)17-9;1-5(2)6(3)17-8-7(10(11,12)13)4-15-9(14)16-8/h2-5H,1H3,(H,15,17)(H,16,19);3-5H,1-2H3,(H,14,19)(H2,13,15,16);4-6H,1-3H3,(H2,14,15,16)/t;;6-/m..1/s1. The number of anilines is 3. The van der Waals surface area contributed by atoms with E-state index in [0.29, 0.717) is 17.4 Å². The molecule has 16 nitrogen and oxygen atoms in total. The second-order valence-corrected chi connectivity index (χ2v) is 12.8. The Morgan fingerprint density at radius 2 is 1.58 bits per heavy atom. The van der Waals surface area contributed by atoms with Gasteiger partial charge < -0.3 is 26.8 Å². The van der Waals surface area contributed by atoms with Gasteiger partial charge in [-0.15, -0.1) is 0 Å². The Kier molecular flexibility index (Phi) is 13.2. The number of H-pyrrole nitrogens is 1. The number of carbonyl (C=O) groups excluding carboxylic acids is 3. The number of amides is 2. The average molecular weight is 804 g/mol. The van der Waals surface area contributed by atoms with E-state index in [1.54, 1.807) is 50.1 Å². The predicted octanol–water partition coefficient (Wildman–Crippen LogP) is 6.13. The maximum atomic E-state index is 12.6. The molecule has 6 rings (SSSR count). The molecular formula is C34H35Cl2F3N12O4. The number of nitrogen functional groups attached to an aromatic ring is 2. The molecule has 2 amide bonds. The lowest BCUT2D eigenvalue weighted by atomic mass is 10.1. The van der Waals surface area contributed by atoms with Crippen molar-refractivity contribution in [2.24, 2.45) is 13.0 Å². The molecule has 0 aliphatic heterocycles. The number of Topliss-reactive ketones (excluding diaryl/α,β-unsaturated/α-hetero) is 1. The number of halogens is 5. The predicted molar refractivity (Wildman–Crippen MR) is 201 cm³/mol. The summed E-state index contributed by atoms with van der Waals surface area (Å²) in [5, 5.41) is 17.7. The topological polar surface area (TPSA) is 235 Å². The third-order valence-corrected chi connectivity index (χ3v) is 8.39. The molecule has 21 heteroatoms. The summed E-state index contributed by atoms with van der Waals surface area (Å²) < 4.78 is 44.7. The van der Waals surface area contributed by atoms with Crippen LogP contribution in [0.5, 0.6) is 5.88 Å². The Balaban J connectivity index is 0.000000184. The van der Waals surface area contributed by atoms with Crippen LogP contribution in [0.1, 0.15) is 64.6 Å². The maximum Gasteiger partial charge on any atom is 0.423 e. The van der Waals surface area contributed by atoms with Gasteiger partial charge in [-0.2, -0.15) is 28.4 Å². The summed E-state index contributed by atoms with van der Waals surface area (Å²) in [5.41, 5.74) is 12.4. The summed E-state index contributed by atoms with van der Waals surface area (Å²) in [6, 6.07) is 8.45. The number of hydrogen-bond acceptors (Lipinski definition) is 12. The van der Waals surface area contributed by atoms with Crippen molar-refractivity contribution in [3.8, 4) is 5.88 Å². The van der Waals surface area contributed by atoms with Crippen molar-refractivity contribution < 1.29 is 32.3 Å². The van der Waals surface area contributed by atoms with Crippen LogP contribution in [0.2, 0.25) is 10.0 Å². The van der Waals surface area contributed by atoms with Crippen LogP contribution in [0.3, 0.4) is 0 Å². The molecule has 290 valence electrons. The van der Waals surface area contributed by atoms with E-state index >= 15 is 0 Å². The highest BCUT2D eigenvalue weighted by Gasteiger charge is 2.36. The molecule has 0 unspecified atom stereocenters. The molecule has 2 aromatic carbocycles. The second kappa shape index (κ2) is 17.4. The Hall–Kier alpha value is -6.08. The number of aromatic nitrogens is 8. The van der Waals surface area contributed by atoms with E-state index in [9.17, 15) is 27.6 Å². The number of fused-ring (bicyclic) bond motifs is 3. The highest BCUT2D eigenvalue weighted by Crippen LogP contribution is 2.35. The van der Waals surface area contributed by atoms with E-state index in [4.69, 9.17) is 39.4 Å². The molecule has 1 atom stereocenters. The zero-order chi connectivity index (χ0) is 40.8. The molecule has 0 radical (unpaired) electrons. The fourth-order valence-corrected chi connectivity index (χ4v) is 5.25.